The SMILES string of the molecule is O=C(CSc1nnnn1C1CC1)Nc1ccc(Cl)cn1. The Labute approximate surface area is 124 Å². The highest BCUT2D eigenvalue weighted by atomic mass is 35.5. The van der Waals surface area contributed by atoms with Crippen molar-refractivity contribution in [3.63, 3.8) is 0 Å². The van der Waals surface area contributed by atoms with Gasteiger partial charge in [-0.3, -0.25) is 4.79 Å². The van der Waals surface area contributed by atoms with Crippen molar-refractivity contribution < 1.29 is 4.79 Å². The van der Waals surface area contributed by atoms with Gasteiger partial charge in [0, 0.05) is 6.20 Å². The average Bonchev–Trinajstić information content (AvgIpc) is 3.18. The van der Waals surface area contributed by atoms with Gasteiger partial charge >= 0.3 is 0 Å². The predicted molar refractivity (Wildman–Crippen MR) is 74.7 cm³/mol. The van der Waals surface area contributed by atoms with E-state index in [1.807, 2.05) is 0 Å². The Hall–Kier alpha value is -1.67. The van der Waals surface area contributed by atoms with Crippen LogP contribution >= 0.6 is 23.4 Å². The van der Waals surface area contributed by atoms with E-state index < -0.39 is 0 Å². The van der Waals surface area contributed by atoms with Crippen molar-refractivity contribution in [1.29, 1.82) is 0 Å². The van der Waals surface area contributed by atoms with E-state index in [0.717, 1.165) is 12.8 Å². The van der Waals surface area contributed by atoms with Crippen LogP contribution in [0.4, 0.5) is 5.82 Å². The van der Waals surface area contributed by atoms with Crippen LogP contribution in [0.5, 0.6) is 0 Å². The number of carbonyl (C=O) groups excluding carboxylic acids is 1. The smallest absolute Gasteiger partial charge is 0.236 e. The van der Waals surface area contributed by atoms with E-state index in [0.29, 0.717) is 22.0 Å². The van der Waals surface area contributed by atoms with Gasteiger partial charge in [-0.1, -0.05) is 23.4 Å². The van der Waals surface area contributed by atoms with Crippen molar-refractivity contribution in [3.05, 3.63) is 23.4 Å². The number of thioether (sulfide) groups is 1. The van der Waals surface area contributed by atoms with E-state index in [-0.39, 0.29) is 11.7 Å². The van der Waals surface area contributed by atoms with Gasteiger partial charge in [0.1, 0.15) is 5.82 Å². The maximum absolute atomic E-state index is 11.8. The van der Waals surface area contributed by atoms with Gasteiger partial charge in [0.25, 0.3) is 0 Å². The molecular weight excluding hydrogens is 300 g/mol. The van der Waals surface area contributed by atoms with Gasteiger partial charge in [0.2, 0.25) is 11.1 Å². The molecule has 0 spiro atoms. The summed E-state index contributed by atoms with van der Waals surface area (Å²) in [7, 11) is 0. The predicted octanol–water partition coefficient (Wildman–Crippen LogP) is 1.79. The van der Waals surface area contributed by atoms with Crippen molar-refractivity contribution >= 4 is 35.1 Å². The van der Waals surface area contributed by atoms with Crippen LogP contribution in [0.3, 0.4) is 0 Å². The molecule has 1 aliphatic carbocycles. The van der Waals surface area contributed by atoms with Crippen molar-refractivity contribution in [2.45, 2.75) is 24.0 Å². The van der Waals surface area contributed by atoms with Gasteiger partial charge in [-0.2, -0.15) is 0 Å². The lowest BCUT2D eigenvalue weighted by molar-refractivity contribution is -0.113. The van der Waals surface area contributed by atoms with Crippen LogP contribution in [0, 0.1) is 0 Å². The molecular formula is C11H11ClN6OS. The minimum absolute atomic E-state index is 0.157. The normalized spacial score (nSPS) is 14.2. The first-order valence-corrected chi connectivity index (χ1v) is 7.41. The highest BCUT2D eigenvalue weighted by Crippen LogP contribution is 2.36. The Morgan fingerprint density at radius 3 is 3.05 bits per heavy atom. The monoisotopic (exact) mass is 310 g/mol. The lowest BCUT2D eigenvalue weighted by Crippen LogP contribution is -2.15. The third kappa shape index (κ3) is 3.26. The van der Waals surface area contributed by atoms with Gasteiger partial charge in [-0.05, 0) is 35.4 Å². The van der Waals surface area contributed by atoms with Crippen LogP contribution in [0.1, 0.15) is 18.9 Å². The number of carbonyl (C=O) groups is 1. The number of hydrogen-bond donors (Lipinski definition) is 1. The Balaban J connectivity index is 1.54. The molecule has 1 amide bonds. The number of amides is 1. The minimum atomic E-state index is -0.157. The number of nitrogens with one attached hydrogen (secondary N) is 1. The van der Waals surface area contributed by atoms with Crippen molar-refractivity contribution in [3.8, 4) is 0 Å². The number of tetrazole rings is 1. The quantitative estimate of drug-likeness (QED) is 0.847. The van der Waals surface area contributed by atoms with E-state index in [4.69, 9.17) is 11.6 Å². The summed E-state index contributed by atoms with van der Waals surface area (Å²) in [4.78, 5) is 15.8. The third-order valence-electron chi connectivity index (χ3n) is 2.68. The zero-order valence-corrected chi connectivity index (χ0v) is 11.9. The fraction of sp³-hybridized carbons (Fsp3) is 0.364. The van der Waals surface area contributed by atoms with E-state index in [2.05, 4.69) is 25.8 Å². The molecule has 7 nitrogen and oxygen atoms in total. The number of halogens is 1. The molecule has 2 aromatic heterocycles. The summed E-state index contributed by atoms with van der Waals surface area (Å²) < 4.78 is 1.78. The van der Waals surface area contributed by atoms with Crippen molar-refractivity contribution in [2.24, 2.45) is 0 Å². The van der Waals surface area contributed by atoms with Crippen LogP contribution in [0.2, 0.25) is 5.02 Å². The number of nitrogens with zero attached hydrogens (tertiary/aromatic N) is 5. The summed E-state index contributed by atoms with van der Waals surface area (Å²) in [5.74, 6) is 0.550. The van der Waals surface area contributed by atoms with Gasteiger partial charge < -0.3 is 5.32 Å². The van der Waals surface area contributed by atoms with Crippen LogP contribution in [0.15, 0.2) is 23.5 Å². The maximum Gasteiger partial charge on any atom is 0.236 e. The molecule has 0 unspecified atom stereocenters. The summed E-state index contributed by atoms with van der Waals surface area (Å²) >= 11 is 7.04. The molecule has 2 aromatic rings. The second kappa shape index (κ2) is 5.76. The van der Waals surface area contributed by atoms with Crippen LogP contribution < -0.4 is 5.32 Å². The number of hydrogen-bond acceptors (Lipinski definition) is 6. The minimum Gasteiger partial charge on any atom is -0.310 e. The Bertz CT molecular complexity index is 612. The van der Waals surface area contributed by atoms with Crippen LogP contribution in [0.25, 0.3) is 0 Å². The standard InChI is InChI=1S/C11H11ClN6OS/c12-7-1-4-9(13-5-7)14-10(19)6-20-11-15-16-17-18(11)8-2-3-8/h1,4-5,8H,2-3,6H2,(H,13,14,19). The first-order chi connectivity index (χ1) is 9.72. The van der Waals surface area contributed by atoms with E-state index >= 15 is 0 Å². The fourth-order valence-electron chi connectivity index (χ4n) is 1.59. The Kier molecular flexibility index (Phi) is 3.83. The molecule has 1 saturated carbocycles. The molecule has 0 bridgehead atoms. The van der Waals surface area contributed by atoms with E-state index in [1.165, 1.54) is 18.0 Å². The molecule has 0 radical (unpaired) electrons. The molecule has 104 valence electrons. The largest absolute Gasteiger partial charge is 0.310 e. The molecule has 1 aliphatic rings. The summed E-state index contributed by atoms with van der Waals surface area (Å²) in [6.07, 6.45) is 3.68. The molecule has 9 heteroatoms. The summed E-state index contributed by atoms with van der Waals surface area (Å²) in [5.41, 5.74) is 0. The summed E-state index contributed by atoms with van der Waals surface area (Å²) in [5, 5.41) is 15.4. The second-order valence-corrected chi connectivity index (χ2v) is 5.71. The molecule has 1 fully saturated rings. The highest BCUT2D eigenvalue weighted by Gasteiger charge is 2.28. The van der Waals surface area contributed by atoms with E-state index in [9.17, 15) is 4.79 Å². The van der Waals surface area contributed by atoms with Gasteiger partial charge in [0.15, 0.2) is 0 Å². The molecule has 3 rings (SSSR count). The molecule has 0 aromatic carbocycles. The number of rotatable bonds is 5. The Morgan fingerprint density at radius 1 is 1.50 bits per heavy atom. The average molecular weight is 311 g/mol. The topological polar surface area (TPSA) is 85.6 Å². The summed E-state index contributed by atoms with van der Waals surface area (Å²) in [6, 6.07) is 3.72. The van der Waals surface area contributed by atoms with Crippen molar-refractivity contribution in [1.82, 2.24) is 25.2 Å². The first-order valence-electron chi connectivity index (χ1n) is 6.04. The van der Waals surface area contributed by atoms with Gasteiger partial charge in [0.05, 0.1) is 16.8 Å². The number of aromatic nitrogens is 5. The second-order valence-electron chi connectivity index (χ2n) is 4.34. The molecule has 1 N–H and O–H groups in total. The Morgan fingerprint density at radius 2 is 2.35 bits per heavy atom. The lowest BCUT2D eigenvalue weighted by Gasteiger charge is -2.04. The summed E-state index contributed by atoms with van der Waals surface area (Å²) in [6.45, 7) is 0. The molecule has 0 atom stereocenters. The number of anilines is 1. The number of pyridine rings is 1. The van der Waals surface area contributed by atoms with Crippen LogP contribution in [-0.4, -0.2) is 36.9 Å². The zero-order valence-electron chi connectivity index (χ0n) is 10.4. The third-order valence-corrected chi connectivity index (χ3v) is 3.84. The van der Waals surface area contributed by atoms with Gasteiger partial charge in [-0.25, -0.2) is 9.67 Å². The fourth-order valence-corrected chi connectivity index (χ4v) is 2.44. The molecule has 2 heterocycles. The van der Waals surface area contributed by atoms with E-state index in [1.54, 1.807) is 16.8 Å². The first kappa shape index (κ1) is 13.3. The van der Waals surface area contributed by atoms with Crippen molar-refractivity contribution in [2.75, 3.05) is 11.1 Å². The molecule has 20 heavy (non-hydrogen) atoms. The van der Waals surface area contributed by atoms with Crippen LogP contribution in [-0.2, 0) is 4.79 Å². The molecule has 0 saturated heterocycles. The lowest BCUT2D eigenvalue weighted by atomic mass is 10.4. The molecule has 0 aliphatic heterocycles. The zero-order chi connectivity index (χ0) is 13.9. The highest BCUT2D eigenvalue weighted by molar-refractivity contribution is 7.99. The maximum atomic E-state index is 11.8. The van der Waals surface area contributed by atoms with Gasteiger partial charge in [-0.15, -0.1) is 5.10 Å².